The van der Waals surface area contributed by atoms with Gasteiger partial charge in [0.05, 0.1) is 0 Å². The third-order valence-electron chi connectivity index (χ3n) is 3.52. The van der Waals surface area contributed by atoms with E-state index >= 15 is 0 Å². The summed E-state index contributed by atoms with van der Waals surface area (Å²) in [6.45, 7) is 0.490. The lowest BCUT2D eigenvalue weighted by molar-refractivity contribution is -0.139. The van der Waals surface area contributed by atoms with Crippen LogP contribution in [0.2, 0.25) is 0 Å². The summed E-state index contributed by atoms with van der Waals surface area (Å²) in [6.07, 6.45) is 6.17. The number of rotatable bonds is 8. The number of amides is 2. The third kappa shape index (κ3) is 5.58. The number of carboxylic acids is 1. The highest BCUT2D eigenvalue weighted by Gasteiger charge is 2.29. The number of carbonyl (C=O) groups excluding carboxylic acids is 1. The topological polar surface area (TPSA) is 87.7 Å². The maximum Gasteiger partial charge on any atom is 0.326 e. The molecule has 3 atom stereocenters. The molecule has 1 saturated carbocycles. The number of hydrogen-bond donors (Lipinski definition) is 3. The van der Waals surface area contributed by atoms with Gasteiger partial charge >= 0.3 is 12.0 Å². The molecule has 0 bridgehead atoms. The van der Waals surface area contributed by atoms with Gasteiger partial charge in [-0.25, -0.2) is 9.59 Å². The van der Waals surface area contributed by atoms with Crippen molar-refractivity contribution < 1.29 is 19.4 Å². The van der Waals surface area contributed by atoms with E-state index in [9.17, 15) is 9.59 Å². The molecule has 7 heteroatoms. The van der Waals surface area contributed by atoms with Gasteiger partial charge in [-0.2, -0.15) is 11.8 Å². The normalized spacial score (nSPS) is 23.3. The van der Waals surface area contributed by atoms with Gasteiger partial charge in [-0.15, -0.1) is 0 Å². The number of aliphatic carboxylic acids is 1. The Hall–Kier alpha value is -0.950. The quantitative estimate of drug-likeness (QED) is 0.591. The summed E-state index contributed by atoms with van der Waals surface area (Å²) in [7, 11) is 1.57. The van der Waals surface area contributed by atoms with E-state index in [0.717, 1.165) is 19.3 Å². The molecule has 0 aliphatic heterocycles. The van der Waals surface area contributed by atoms with E-state index in [2.05, 4.69) is 10.6 Å². The van der Waals surface area contributed by atoms with Crippen molar-refractivity contribution in [1.82, 2.24) is 10.6 Å². The summed E-state index contributed by atoms with van der Waals surface area (Å²) in [5, 5.41) is 14.9. The number of carboxylic acid groups (broad SMARTS) is 1. The van der Waals surface area contributed by atoms with Crippen LogP contribution in [0.5, 0.6) is 0 Å². The Morgan fingerprint density at radius 2 is 2.20 bits per heavy atom. The Labute approximate surface area is 124 Å². The van der Waals surface area contributed by atoms with E-state index in [1.165, 1.54) is 0 Å². The Balaban J connectivity index is 2.39. The molecule has 1 rings (SSSR count). The maximum absolute atomic E-state index is 11.9. The van der Waals surface area contributed by atoms with Gasteiger partial charge in [0.25, 0.3) is 0 Å². The molecule has 116 valence electrons. The SMILES string of the molecule is COCCCC(NC(=O)NC1CCCC1SC)C(=O)O. The minimum atomic E-state index is -1.01. The molecule has 2 amide bonds. The molecule has 0 saturated heterocycles. The molecule has 6 nitrogen and oxygen atoms in total. The minimum Gasteiger partial charge on any atom is -0.480 e. The van der Waals surface area contributed by atoms with Crippen molar-refractivity contribution in [2.24, 2.45) is 0 Å². The summed E-state index contributed by atoms with van der Waals surface area (Å²) in [5.74, 6) is -1.01. The Morgan fingerprint density at radius 3 is 2.80 bits per heavy atom. The van der Waals surface area contributed by atoms with Gasteiger partial charge in [-0.05, 0) is 31.9 Å². The van der Waals surface area contributed by atoms with Crippen molar-refractivity contribution in [3.63, 3.8) is 0 Å². The zero-order valence-electron chi connectivity index (χ0n) is 12.1. The van der Waals surface area contributed by atoms with E-state index in [4.69, 9.17) is 9.84 Å². The number of methoxy groups -OCH3 is 1. The average molecular weight is 304 g/mol. The smallest absolute Gasteiger partial charge is 0.326 e. The molecule has 0 aromatic heterocycles. The van der Waals surface area contributed by atoms with Crippen LogP contribution < -0.4 is 10.6 Å². The molecule has 1 fully saturated rings. The first-order chi connectivity index (χ1) is 9.58. The maximum atomic E-state index is 11.9. The summed E-state index contributed by atoms with van der Waals surface area (Å²) in [6, 6.07) is -1.11. The first kappa shape index (κ1) is 17.1. The van der Waals surface area contributed by atoms with E-state index in [-0.39, 0.29) is 12.1 Å². The number of thioether (sulfide) groups is 1. The molecule has 1 aliphatic rings. The van der Waals surface area contributed by atoms with Crippen LogP contribution in [0, 0.1) is 0 Å². The molecule has 20 heavy (non-hydrogen) atoms. The Morgan fingerprint density at radius 1 is 1.45 bits per heavy atom. The second kappa shape index (κ2) is 9.07. The highest BCUT2D eigenvalue weighted by atomic mass is 32.2. The predicted molar refractivity (Wildman–Crippen MR) is 79.1 cm³/mol. The largest absolute Gasteiger partial charge is 0.480 e. The molecule has 1 aliphatic carbocycles. The molecule has 0 spiro atoms. The van der Waals surface area contributed by atoms with Crippen LogP contribution in [-0.2, 0) is 9.53 Å². The van der Waals surface area contributed by atoms with Gasteiger partial charge in [-0.1, -0.05) is 6.42 Å². The van der Waals surface area contributed by atoms with Crippen LogP contribution in [0.25, 0.3) is 0 Å². The van der Waals surface area contributed by atoms with Crippen molar-refractivity contribution in [3.8, 4) is 0 Å². The second-order valence-corrected chi connectivity index (χ2v) is 6.03. The van der Waals surface area contributed by atoms with Crippen molar-refractivity contribution in [1.29, 1.82) is 0 Å². The highest BCUT2D eigenvalue weighted by molar-refractivity contribution is 7.99. The average Bonchev–Trinajstić information content (AvgIpc) is 2.84. The van der Waals surface area contributed by atoms with Gasteiger partial charge in [0.1, 0.15) is 6.04 Å². The summed E-state index contributed by atoms with van der Waals surface area (Å²) >= 11 is 1.75. The van der Waals surface area contributed by atoms with Crippen molar-refractivity contribution >= 4 is 23.8 Å². The molecular weight excluding hydrogens is 280 g/mol. The van der Waals surface area contributed by atoms with Crippen LogP contribution in [0.4, 0.5) is 4.79 Å². The summed E-state index contributed by atoms with van der Waals surface area (Å²) in [4.78, 5) is 23.0. The van der Waals surface area contributed by atoms with Gasteiger partial charge in [0.15, 0.2) is 0 Å². The van der Waals surface area contributed by atoms with Crippen LogP contribution in [0.15, 0.2) is 0 Å². The Kier molecular flexibility index (Phi) is 7.76. The lowest BCUT2D eigenvalue weighted by atomic mass is 10.1. The van der Waals surface area contributed by atoms with E-state index < -0.39 is 12.0 Å². The van der Waals surface area contributed by atoms with Crippen molar-refractivity contribution in [3.05, 3.63) is 0 Å². The summed E-state index contributed by atoms with van der Waals surface area (Å²) < 4.78 is 4.89. The molecule has 0 aromatic carbocycles. The molecule has 3 N–H and O–H groups in total. The number of hydrogen-bond acceptors (Lipinski definition) is 4. The number of urea groups is 1. The molecule has 0 heterocycles. The van der Waals surface area contributed by atoms with Crippen LogP contribution in [0.1, 0.15) is 32.1 Å². The third-order valence-corrected chi connectivity index (χ3v) is 4.69. The predicted octanol–water partition coefficient (Wildman–Crippen LogP) is 1.45. The molecule has 0 radical (unpaired) electrons. The van der Waals surface area contributed by atoms with Gasteiger partial charge in [0, 0.05) is 25.0 Å². The van der Waals surface area contributed by atoms with Crippen molar-refractivity contribution in [2.45, 2.75) is 49.4 Å². The van der Waals surface area contributed by atoms with E-state index in [0.29, 0.717) is 24.7 Å². The summed E-state index contributed by atoms with van der Waals surface area (Å²) in [5.41, 5.74) is 0. The van der Waals surface area contributed by atoms with E-state index in [1.54, 1.807) is 18.9 Å². The lowest BCUT2D eigenvalue weighted by Gasteiger charge is -2.21. The molecular formula is C13H24N2O4S. The molecule has 3 unspecified atom stereocenters. The number of ether oxygens (including phenoxy) is 1. The fourth-order valence-corrected chi connectivity index (χ4v) is 3.37. The van der Waals surface area contributed by atoms with Gasteiger partial charge in [0.2, 0.25) is 0 Å². The second-order valence-electron chi connectivity index (χ2n) is 4.96. The molecule has 0 aromatic rings. The standard InChI is InChI=1S/C13H24N2O4S/c1-19-8-4-6-10(12(16)17)15-13(18)14-9-5-3-7-11(9)20-2/h9-11H,3-8H2,1-2H3,(H,16,17)(H2,14,15,18). The van der Waals surface area contributed by atoms with E-state index in [1.807, 2.05) is 6.26 Å². The zero-order chi connectivity index (χ0) is 15.0. The first-order valence-corrected chi connectivity index (χ1v) is 8.18. The lowest BCUT2D eigenvalue weighted by Crippen LogP contribution is -2.50. The fourth-order valence-electron chi connectivity index (χ4n) is 2.43. The fraction of sp³-hybridized carbons (Fsp3) is 0.846. The monoisotopic (exact) mass is 304 g/mol. The Bertz CT molecular complexity index is 327. The van der Waals surface area contributed by atoms with Crippen molar-refractivity contribution in [2.75, 3.05) is 20.0 Å². The zero-order valence-corrected chi connectivity index (χ0v) is 12.9. The first-order valence-electron chi connectivity index (χ1n) is 6.90. The highest BCUT2D eigenvalue weighted by Crippen LogP contribution is 2.28. The number of nitrogens with one attached hydrogen (secondary N) is 2. The van der Waals surface area contributed by atoms with Gasteiger partial charge < -0.3 is 20.5 Å². The number of carbonyl (C=O) groups is 2. The minimum absolute atomic E-state index is 0.137. The van der Waals surface area contributed by atoms with Crippen LogP contribution in [-0.4, -0.2) is 54.4 Å². The van der Waals surface area contributed by atoms with Gasteiger partial charge in [-0.3, -0.25) is 0 Å². The van der Waals surface area contributed by atoms with Crippen LogP contribution in [0.3, 0.4) is 0 Å². The van der Waals surface area contributed by atoms with Crippen LogP contribution >= 0.6 is 11.8 Å².